The summed E-state index contributed by atoms with van der Waals surface area (Å²) in [5.74, 6) is 0.402. The molecule has 3 aliphatic rings. The molecule has 0 radical (unpaired) electrons. The van der Waals surface area contributed by atoms with E-state index in [0.717, 1.165) is 29.4 Å². The van der Waals surface area contributed by atoms with Crippen LogP contribution in [0.5, 0.6) is 0 Å². The van der Waals surface area contributed by atoms with Gasteiger partial charge in [-0.15, -0.1) is 0 Å². The van der Waals surface area contributed by atoms with Crippen LogP contribution in [0.2, 0.25) is 18.1 Å². The summed E-state index contributed by atoms with van der Waals surface area (Å²) >= 11 is 7.51. The first-order valence-electron chi connectivity index (χ1n) is 13.0. The standard InChI is InChI=1S/C25H40FN2O6PS2Si/c1-15(2)16-9-11-25(6)18(13-16)33-35(36,37-25)31-14-17-21(34-38(7,8)24(3,4)5)20(26)22(32-17)28-12-10-19(29)27-23(28)30/h10,12,16-18,20-22H,1,9,11,13-14H2,2-8H3,(H,27,29,30)/t16-,17+,18+,20+,21?,22+,25+,35+/m0/s1. The Morgan fingerprint density at radius 1 is 1.42 bits per heavy atom. The lowest BCUT2D eigenvalue weighted by atomic mass is 9.77. The molecular weight excluding hydrogens is 566 g/mol. The highest BCUT2D eigenvalue weighted by Crippen LogP contribution is 2.75. The van der Waals surface area contributed by atoms with Gasteiger partial charge in [0, 0.05) is 17.0 Å². The van der Waals surface area contributed by atoms with Crippen LogP contribution in [0.25, 0.3) is 0 Å². The summed E-state index contributed by atoms with van der Waals surface area (Å²) in [7, 11) is -2.42. The van der Waals surface area contributed by atoms with Crippen LogP contribution < -0.4 is 11.2 Å². The van der Waals surface area contributed by atoms with Crippen LogP contribution in [-0.4, -0.2) is 53.7 Å². The molecule has 13 heteroatoms. The van der Waals surface area contributed by atoms with Gasteiger partial charge in [-0.1, -0.05) is 44.3 Å². The van der Waals surface area contributed by atoms with Crippen molar-refractivity contribution in [3.8, 4) is 0 Å². The van der Waals surface area contributed by atoms with E-state index in [4.69, 9.17) is 30.0 Å². The molecule has 0 spiro atoms. The predicted octanol–water partition coefficient (Wildman–Crippen LogP) is 5.67. The van der Waals surface area contributed by atoms with Crippen molar-refractivity contribution in [2.75, 3.05) is 6.61 Å². The lowest BCUT2D eigenvalue weighted by Gasteiger charge is -2.39. The maximum absolute atomic E-state index is 16.0. The smallest absolute Gasteiger partial charge is 0.330 e. The lowest BCUT2D eigenvalue weighted by Crippen LogP contribution is -2.49. The number of alkyl halides is 1. The zero-order valence-electron chi connectivity index (χ0n) is 23.2. The van der Waals surface area contributed by atoms with E-state index in [-0.39, 0.29) is 22.5 Å². The first-order chi connectivity index (χ1) is 17.4. The van der Waals surface area contributed by atoms with Crippen LogP contribution in [-0.2, 0) is 30.0 Å². The van der Waals surface area contributed by atoms with Crippen molar-refractivity contribution in [3.63, 3.8) is 0 Å². The quantitative estimate of drug-likeness (QED) is 0.241. The van der Waals surface area contributed by atoms with Crippen LogP contribution in [0.3, 0.4) is 0 Å². The number of allylic oxidation sites excluding steroid dienone is 1. The van der Waals surface area contributed by atoms with Crippen molar-refractivity contribution < 1.29 is 22.6 Å². The van der Waals surface area contributed by atoms with Gasteiger partial charge >= 0.3 is 5.69 Å². The Balaban J connectivity index is 1.55. The summed E-state index contributed by atoms with van der Waals surface area (Å²) < 4.78 is 42.2. The van der Waals surface area contributed by atoms with E-state index in [0.29, 0.717) is 5.92 Å². The van der Waals surface area contributed by atoms with Gasteiger partial charge in [-0.25, -0.2) is 9.18 Å². The van der Waals surface area contributed by atoms with Crippen molar-refractivity contribution in [2.24, 2.45) is 5.92 Å². The molecule has 1 aromatic heterocycles. The Kier molecular flexibility index (Phi) is 8.53. The molecule has 3 fully saturated rings. The second kappa shape index (κ2) is 10.7. The second-order valence-electron chi connectivity index (χ2n) is 12.4. The lowest BCUT2D eigenvalue weighted by molar-refractivity contribution is -0.0440. The molecule has 3 heterocycles. The fraction of sp³-hybridized carbons (Fsp3) is 0.760. The Labute approximate surface area is 234 Å². The van der Waals surface area contributed by atoms with Gasteiger partial charge in [0.05, 0.1) is 12.7 Å². The fourth-order valence-electron chi connectivity index (χ4n) is 4.95. The number of nitrogens with zero attached hydrogens (tertiary/aromatic N) is 1. The van der Waals surface area contributed by atoms with Gasteiger partial charge in [-0.3, -0.25) is 14.3 Å². The molecule has 1 aliphatic carbocycles. The number of halogens is 1. The molecule has 38 heavy (non-hydrogen) atoms. The molecule has 0 bridgehead atoms. The molecule has 1 unspecified atom stereocenters. The topological polar surface area (TPSA) is 91.8 Å². The normalized spacial score (nSPS) is 37.8. The third-order valence-electron chi connectivity index (χ3n) is 8.47. The number of aromatic amines is 1. The summed E-state index contributed by atoms with van der Waals surface area (Å²) in [5, 5.41) is -0.175. The highest BCUT2D eigenvalue weighted by Gasteiger charge is 2.55. The summed E-state index contributed by atoms with van der Waals surface area (Å²) in [6.07, 6.45) is -0.633. The largest absolute Gasteiger partial charge is 0.408 e. The van der Waals surface area contributed by atoms with Gasteiger partial charge in [0.1, 0.15) is 12.2 Å². The molecule has 2 saturated heterocycles. The van der Waals surface area contributed by atoms with Crippen LogP contribution in [0.1, 0.15) is 60.1 Å². The van der Waals surface area contributed by atoms with Crippen molar-refractivity contribution in [1.29, 1.82) is 0 Å². The van der Waals surface area contributed by atoms with E-state index in [2.05, 4.69) is 46.2 Å². The Morgan fingerprint density at radius 2 is 2.11 bits per heavy atom. The van der Waals surface area contributed by atoms with Crippen molar-refractivity contribution >= 4 is 37.2 Å². The molecule has 214 valence electrons. The first kappa shape index (κ1) is 30.4. The number of rotatable bonds is 7. The number of fused-ring (bicyclic) bond motifs is 1. The van der Waals surface area contributed by atoms with Gasteiger partial charge in [-0.05, 0) is 69.0 Å². The molecule has 0 amide bonds. The Hall–Kier alpha value is -0.593. The van der Waals surface area contributed by atoms with Gasteiger partial charge in [-0.2, -0.15) is 0 Å². The van der Waals surface area contributed by atoms with Crippen molar-refractivity contribution in [2.45, 2.75) is 107 Å². The van der Waals surface area contributed by atoms with Crippen LogP contribution in [0, 0.1) is 5.92 Å². The van der Waals surface area contributed by atoms with Crippen LogP contribution in [0.4, 0.5) is 4.39 Å². The number of hydrogen-bond donors (Lipinski definition) is 1. The summed E-state index contributed by atoms with van der Waals surface area (Å²) in [5.41, 5.74) is -2.88. The predicted molar refractivity (Wildman–Crippen MR) is 155 cm³/mol. The molecule has 8 nitrogen and oxygen atoms in total. The van der Waals surface area contributed by atoms with Crippen molar-refractivity contribution in [3.05, 3.63) is 45.3 Å². The maximum atomic E-state index is 16.0. The average molecular weight is 607 g/mol. The minimum atomic E-state index is -2.73. The molecule has 1 aromatic rings. The van der Waals surface area contributed by atoms with Gasteiger partial charge in [0.2, 0.25) is 5.69 Å². The molecule has 4 rings (SSSR count). The van der Waals surface area contributed by atoms with Crippen LogP contribution >= 0.6 is 17.1 Å². The van der Waals surface area contributed by atoms with Crippen LogP contribution in [0.15, 0.2) is 34.0 Å². The molecule has 1 saturated carbocycles. The summed E-state index contributed by atoms with van der Waals surface area (Å²) in [6, 6.07) is 1.17. The molecular formula is C25H40FN2O6PS2Si. The van der Waals surface area contributed by atoms with E-state index in [1.807, 2.05) is 13.1 Å². The number of nitrogens with one attached hydrogen (secondary N) is 1. The zero-order valence-corrected chi connectivity index (χ0v) is 26.7. The molecule has 1 N–H and O–H groups in total. The van der Waals surface area contributed by atoms with Crippen molar-refractivity contribution in [1.82, 2.24) is 9.55 Å². The number of aromatic nitrogens is 2. The fourth-order valence-corrected chi connectivity index (χ4v) is 13.4. The molecule has 0 aromatic carbocycles. The summed E-state index contributed by atoms with van der Waals surface area (Å²) in [6.45, 7) is 18.6. The minimum Gasteiger partial charge on any atom is -0.408 e. The third-order valence-corrected chi connectivity index (χ3v) is 18.8. The number of hydrogen-bond acceptors (Lipinski definition) is 8. The monoisotopic (exact) mass is 606 g/mol. The minimum absolute atomic E-state index is 0.0225. The van der Waals surface area contributed by atoms with Gasteiger partial charge in [0.25, 0.3) is 5.56 Å². The maximum Gasteiger partial charge on any atom is 0.330 e. The zero-order chi connectivity index (χ0) is 28.3. The van der Waals surface area contributed by atoms with E-state index < -0.39 is 49.9 Å². The Bertz CT molecular complexity index is 1240. The van der Waals surface area contributed by atoms with Gasteiger partial charge in [0.15, 0.2) is 20.7 Å². The number of H-pyrrole nitrogens is 1. The average Bonchev–Trinajstić information content (AvgIpc) is 3.23. The van der Waals surface area contributed by atoms with Gasteiger partial charge < -0.3 is 18.2 Å². The first-order valence-corrected chi connectivity index (χ1v) is 20.0. The second-order valence-corrected chi connectivity index (χ2v) is 23.8. The SMILES string of the molecule is C=C(C)[C@H]1CC[C@@]2(C)S[P@](=S)(OC[C@H]3O[C@@H](n4ccc(=O)[nH]c4=O)[C@H](F)C3O[Si](C)(C)C(C)(C)C)O[C@@H]2C1. The highest BCUT2D eigenvalue weighted by molar-refractivity contribution is 8.68. The van der Waals surface area contributed by atoms with E-state index in [1.54, 1.807) is 11.4 Å². The summed E-state index contributed by atoms with van der Waals surface area (Å²) in [4.78, 5) is 26.2. The van der Waals surface area contributed by atoms with E-state index >= 15 is 4.39 Å². The van der Waals surface area contributed by atoms with E-state index in [1.165, 1.54) is 12.3 Å². The molecule has 8 atom stereocenters. The van der Waals surface area contributed by atoms with E-state index in [9.17, 15) is 9.59 Å². The highest BCUT2D eigenvalue weighted by atomic mass is 32.9. The third kappa shape index (κ3) is 6.03. The Morgan fingerprint density at radius 3 is 2.71 bits per heavy atom. The number of ether oxygens (including phenoxy) is 1. The molecule has 2 aliphatic heterocycles.